The molecule has 2 saturated heterocycles. The van der Waals surface area contributed by atoms with Crippen LogP contribution in [-0.4, -0.2) is 36.0 Å². The number of rotatable bonds is 2. The standard InChI is InChI=1S/C18H21BrN2O3/c1-3-24-16(22)12-9-18(21-6-4-5-14(12)21)13-8-11(19)7-10(2)15(13)20-17(18)23/h7-8,12,14H,3-6,9H2,1-2H3,(H,20,23)/t12-,14+,18+/m1/s1. The van der Waals surface area contributed by atoms with Crippen molar-refractivity contribution in [3.63, 3.8) is 0 Å². The number of hydrogen-bond donors (Lipinski definition) is 1. The van der Waals surface area contributed by atoms with E-state index in [0.29, 0.717) is 13.0 Å². The number of nitrogens with zero attached hydrogens (tertiary/aromatic N) is 1. The SMILES string of the molecule is CCOC(=O)[C@@H]1C[C@]2(C(=O)Nc3c(C)cc(Br)cc32)N2CCC[C@@H]12. The number of nitrogens with one attached hydrogen (secondary N) is 1. The molecule has 3 aliphatic heterocycles. The van der Waals surface area contributed by atoms with Crippen molar-refractivity contribution in [3.8, 4) is 0 Å². The molecule has 2 fully saturated rings. The fourth-order valence-corrected chi connectivity index (χ4v) is 5.38. The maximum Gasteiger partial charge on any atom is 0.310 e. The molecule has 0 bridgehead atoms. The van der Waals surface area contributed by atoms with Crippen molar-refractivity contribution < 1.29 is 14.3 Å². The van der Waals surface area contributed by atoms with E-state index in [1.807, 2.05) is 26.0 Å². The number of benzene rings is 1. The molecular formula is C18H21BrN2O3. The number of hydrogen-bond acceptors (Lipinski definition) is 4. The summed E-state index contributed by atoms with van der Waals surface area (Å²) in [6.07, 6.45) is 2.46. The molecule has 0 aliphatic carbocycles. The van der Waals surface area contributed by atoms with Gasteiger partial charge in [0.25, 0.3) is 0 Å². The highest BCUT2D eigenvalue weighted by Gasteiger charge is 2.63. The molecule has 6 heteroatoms. The second kappa shape index (κ2) is 5.56. The molecule has 0 aromatic heterocycles. The van der Waals surface area contributed by atoms with Gasteiger partial charge in [-0.1, -0.05) is 15.9 Å². The van der Waals surface area contributed by atoms with Gasteiger partial charge in [0, 0.05) is 21.8 Å². The zero-order valence-electron chi connectivity index (χ0n) is 13.9. The van der Waals surface area contributed by atoms with E-state index in [-0.39, 0.29) is 23.8 Å². The van der Waals surface area contributed by atoms with Crippen molar-refractivity contribution in [2.45, 2.75) is 44.7 Å². The van der Waals surface area contributed by atoms with Crippen molar-refractivity contribution in [2.24, 2.45) is 5.92 Å². The van der Waals surface area contributed by atoms with Crippen LogP contribution in [0.5, 0.6) is 0 Å². The molecule has 3 heterocycles. The summed E-state index contributed by atoms with van der Waals surface area (Å²) in [5.41, 5.74) is 2.21. The Labute approximate surface area is 149 Å². The van der Waals surface area contributed by atoms with Crippen LogP contribution in [0.15, 0.2) is 16.6 Å². The van der Waals surface area contributed by atoms with Gasteiger partial charge in [0.2, 0.25) is 5.91 Å². The van der Waals surface area contributed by atoms with Gasteiger partial charge in [-0.3, -0.25) is 14.5 Å². The van der Waals surface area contributed by atoms with Crippen molar-refractivity contribution >= 4 is 33.5 Å². The Morgan fingerprint density at radius 2 is 2.29 bits per heavy atom. The van der Waals surface area contributed by atoms with Crippen LogP contribution < -0.4 is 5.32 Å². The molecule has 1 amide bonds. The number of esters is 1. The number of ether oxygens (including phenoxy) is 1. The Morgan fingerprint density at radius 3 is 3.04 bits per heavy atom. The Balaban J connectivity index is 1.84. The van der Waals surface area contributed by atoms with E-state index in [4.69, 9.17) is 4.74 Å². The Kier molecular flexibility index (Phi) is 3.73. The molecule has 0 radical (unpaired) electrons. The summed E-state index contributed by atoms with van der Waals surface area (Å²) in [6, 6.07) is 4.14. The average Bonchev–Trinajstić information content (AvgIpc) is 3.17. The van der Waals surface area contributed by atoms with Gasteiger partial charge in [0.1, 0.15) is 5.54 Å². The monoisotopic (exact) mass is 392 g/mol. The van der Waals surface area contributed by atoms with E-state index in [0.717, 1.165) is 40.7 Å². The number of halogens is 1. The van der Waals surface area contributed by atoms with E-state index < -0.39 is 5.54 Å². The third-order valence-corrected chi connectivity index (χ3v) is 6.18. The van der Waals surface area contributed by atoms with Crippen LogP contribution in [0.1, 0.15) is 37.3 Å². The summed E-state index contributed by atoms with van der Waals surface area (Å²) in [5, 5.41) is 3.08. The topological polar surface area (TPSA) is 58.6 Å². The third kappa shape index (κ3) is 2.02. The summed E-state index contributed by atoms with van der Waals surface area (Å²) in [5.74, 6) is -0.403. The maximum absolute atomic E-state index is 13.1. The minimum atomic E-state index is -0.734. The largest absolute Gasteiger partial charge is 0.466 e. The maximum atomic E-state index is 13.1. The van der Waals surface area contributed by atoms with Gasteiger partial charge in [-0.2, -0.15) is 0 Å². The number of amides is 1. The smallest absolute Gasteiger partial charge is 0.310 e. The summed E-state index contributed by atoms with van der Waals surface area (Å²) in [4.78, 5) is 27.8. The lowest BCUT2D eigenvalue weighted by Gasteiger charge is -2.32. The minimum absolute atomic E-state index is 0.00241. The van der Waals surface area contributed by atoms with Crippen molar-refractivity contribution in [1.29, 1.82) is 0 Å². The number of carbonyl (C=O) groups is 2. The molecule has 24 heavy (non-hydrogen) atoms. The zero-order chi connectivity index (χ0) is 17.1. The summed E-state index contributed by atoms with van der Waals surface area (Å²) in [7, 11) is 0. The highest BCUT2D eigenvalue weighted by atomic mass is 79.9. The molecule has 128 valence electrons. The van der Waals surface area contributed by atoms with Crippen molar-refractivity contribution in [2.75, 3.05) is 18.5 Å². The van der Waals surface area contributed by atoms with Gasteiger partial charge >= 0.3 is 5.97 Å². The molecule has 4 rings (SSSR count). The quantitative estimate of drug-likeness (QED) is 0.785. The van der Waals surface area contributed by atoms with Gasteiger partial charge in [0.15, 0.2) is 0 Å². The van der Waals surface area contributed by atoms with Gasteiger partial charge in [0.05, 0.1) is 12.5 Å². The lowest BCUT2D eigenvalue weighted by molar-refractivity contribution is -0.148. The van der Waals surface area contributed by atoms with Crippen molar-refractivity contribution in [1.82, 2.24) is 4.90 Å². The van der Waals surface area contributed by atoms with E-state index in [9.17, 15) is 9.59 Å². The van der Waals surface area contributed by atoms with Gasteiger partial charge < -0.3 is 10.1 Å². The fourth-order valence-electron chi connectivity index (χ4n) is 4.81. The van der Waals surface area contributed by atoms with Crippen LogP contribution in [0.2, 0.25) is 0 Å². The van der Waals surface area contributed by atoms with Crippen LogP contribution in [0.4, 0.5) is 5.69 Å². The highest BCUT2D eigenvalue weighted by Crippen LogP contribution is 2.55. The van der Waals surface area contributed by atoms with Gasteiger partial charge in [-0.05, 0) is 57.4 Å². The van der Waals surface area contributed by atoms with Crippen LogP contribution >= 0.6 is 15.9 Å². The molecule has 1 spiro atoms. The summed E-state index contributed by atoms with van der Waals surface area (Å²) < 4.78 is 6.26. The highest BCUT2D eigenvalue weighted by molar-refractivity contribution is 9.10. The van der Waals surface area contributed by atoms with Crippen LogP contribution in [0, 0.1) is 12.8 Å². The number of anilines is 1. The second-order valence-electron chi connectivity index (χ2n) is 6.93. The number of aryl methyl sites for hydroxylation is 1. The molecule has 1 N–H and O–H groups in total. The second-order valence-corrected chi connectivity index (χ2v) is 7.84. The first-order chi connectivity index (χ1) is 11.5. The van der Waals surface area contributed by atoms with Crippen molar-refractivity contribution in [3.05, 3.63) is 27.7 Å². The normalized spacial score (nSPS) is 31.2. The molecular weight excluding hydrogens is 372 g/mol. The predicted octanol–water partition coefficient (Wildman–Crippen LogP) is 2.95. The minimum Gasteiger partial charge on any atom is -0.466 e. The van der Waals surface area contributed by atoms with E-state index in [1.165, 1.54) is 0 Å². The van der Waals surface area contributed by atoms with Crippen LogP contribution in [-0.2, 0) is 19.9 Å². The molecule has 5 nitrogen and oxygen atoms in total. The molecule has 3 atom stereocenters. The zero-order valence-corrected chi connectivity index (χ0v) is 15.5. The Bertz CT molecular complexity index is 735. The molecule has 0 unspecified atom stereocenters. The summed E-state index contributed by atoms with van der Waals surface area (Å²) in [6.45, 7) is 5.05. The first-order valence-corrected chi connectivity index (χ1v) is 9.33. The summed E-state index contributed by atoms with van der Waals surface area (Å²) >= 11 is 3.56. The average molecular weight is 393 g/mol. The first kappa shape index (κ1) is 16.1. The third-order valence-electron chi connectivity index (χ3n) is 5.72. The fraction of sp³-hybridized carbons (Fsp3) is 0.556. The van der Waals surface area contributed by atoms with E-state index in [1.54, 1.807) is 0 Å². The predicted molar refractivity (Wildman–Crippen MR) is 93.7 cm³/mol. The number of carbonyl (C=O) groups excluding carboxylic acids is 2. The lowest BCUT2D eigenvalue weighted by atomic mass is 9.84. The molecule has 0 saturated carbocycles. The Hall–Kier alpha value is -1.40. The van der Waals surface area contributed by atoms with E-state index in [2.05, 4.69) is 26.1 Å². The van der Waals surface area contributed by atoms with E-state index >= 15 is 0 Å². The molecule has 1 aromatic carbocycles. The van der Waals surface area contributed by atoms with Gasteiger partial charge in [-0.25, -0.2) is 0 Å². The Morgan fingerprint density at radius 1 is 1.50 bits per heavy atom. The van der Waals surface area contributed by atoms with Gasteiger partial charge in [-0.15, -0.1) is 0 Å². The lowest BCUT2D eigenvalue weighted by Crippen LogP contribution is -2.47. The van der Waals surface area contributed by atoms with Crippen LogP contribution in [0.3, 0.4) is 0 Å². The first-order valence-electron chi connectivity index (χ1n) is 8.54. The number of fused-ring (bicyclic) bond motifs is 4. The van der Waals surface area contributed by atoms with Crippen LogP contribution in [0.25, 0.3) is 0 Å². The molecule has 1 aromatic rings. The molecule has 3 aliphatic rings.